The maximum Gasteiger partial charge on any atom is 0.0407 e. The van der Waals surface area contributed by atoms with Crippen molar-refractivity contribution < 1.29 is 0 Å². The number of para-hydroxylation sites is 1. The van der Waals surface area contributed by atoms with Gasteiger partial charge in [0.25, 0.3) is 0 Å². The molecule has 0 amide bonds. The van der Waals surface area contributed by atoms with Gasteiger partial charge in [0.1, 0.15) is 0 Å². The summed E-state index contributed by atoms with van der Waals surface area (Å²) >= 11 is 3.56. The molecule has 2 atom stereocenters. The monoisotopic (exact) mass is 267 g/mol. The molecule has 1 saturated heterocycles. The topological polar surface area (TPSA) is 3.24 Å². The quantitative estimate of drug-likeness (QED) is 0.740. The minimum absolute atomic E-state index is 0.813. The Kier molecular flexibility index (Phi) is 3.35. The molecule has 0 aromatic heterocycles. The van der Waals surface area contributed by atoms with Crippen LogP contribution in [0.3, 0.4) is 0 Å². The molecule has 1 aliphatic rings. The van der Waals surface area contributed by atoms with Crippen LogP contribution in [0.25, 0.3) is 0 Å². The van der Waals surface area contributed by atoms with Crippen molar-refractivity contribution in [2.75, 3.05) is 18.0 Å². The van der Waals surface area contributed by atoms with Gasteiger partial charge in [0.05, 0.1) is 0 Å². The lowest BCUT2D eigenvalue weighted by Gasteiger charge is -2.21. The van der Waals surface area contributed by atoms with Gasteiger partial charge in [-0.2, -0.15) is 0 Å². The summed E-state index contributed by atoms with van der Waals surface area (Å²) < 4.78 is 0. The van der Waals surface area contributed by atoms with Gasteiger partial charge in [-0.3, -0.25) is 0 Å². The normalized spacial score (nSPS) is 25.9. The van der Waals surface area contributed by atoms with E-state index in [0.717, 1.165) is 17.2 Å². The molecule has 82 valence electrons. The van der Waals surface area contributed by atoms with Crippen LogP contribution < -0.4 is 4.90 Å². The minimum Gasteiger partial charge on any atom is -0.371 e. The van der Waals surface area contributed by atoms with E-state index in [0.29, 0.717) is 0 Å². The summed E-state index contributed by atoms with van der Waals surface area (Å²) in [4.78, 5) is 2.52. The molecule has 0 spiro atoms. The molecule has 2 heteroatoms. The highest BCUT2D eigenvalue weighted by molar-refractivity contribution is 9.08. The first-order chi connectivity index (χ1) is 7.22. The molecule has 1 aromatic carbocycles. The van der Waals surface area contributed by atoms with E-state index in [1.54, 1.807) is 0 Å². The van der Waals surface area contributed by atoms with Gasteiger partial charge in [0.15, 0.2) is 0 Å². The number of nitrogens with zero attached hydrogens (tertiary/aromatic N) is 1. The van der Waals surface area contributed by atoms with Gasteiger partial charge in [-0.1, -0.05) is 48.0 Å². The molecule has 0 aliphatic carbocycles. The zero-order valence-corrected chi connectivity index (χ0v) is 11.0. The number of hydrogen-bond acceptors (Lipinski definition) is 1. The minimum atomic E-state index is 0.813. The van der Waals surface area contributed by atoms with Gasteiger partial charge in [0, 0.05) is 24.1 Å². The van der Waals surface area contributed by atoms with E-state index in [4.69, 9.17) is 0 Å². The SMILES string of the molecule is CC1CN(c2ccccc2CBr)CC1C. The lowest BCUT2D eigenvalue weighted by Crippen LogP contribution is -2.20. The Labute approximate surface area is 101 Å². The fraction of sp³-hybridized carbons (Fsp3) is 0.538. The summed E-state index contributed by atoms with van der Waals surface area (Å²) in [6, 6.07) is 8.69. The van der Waals surface area contributed by atoms with Gasteiger partial charge in [-0.15, -0.1) is 0 Å². The summed E-state index contributed by atoms with van der Waals surface area (Å²) in [5.41, 5.74) is 2.81. The Morgan fingerprint density at radius 1 is 1.20 bits per heavy atom. The summed E-state index contributed by atoms with van der Waals surface area (Å²) in [6.45, 7) is 7.10. The smallest absolute Gasteiger partial charge is 0.0407 e. The van der Waals surface area contributed by atoms with E-state index in [2.05, 4.69) is 58.9 Å². The van der Waals surface area contributed by atoms with Crippen LogP contribution in [0.2, 0.25) is 0 Å². The molecule has 1 heterocycles. The molecule has 2 unspecified atom stereocenters. The van der Waals surface area contributed by atoms with Crippen molar-refractivity contribution in [1.29, 1.82) is 0 Å². The van der Waals surface area contributed by atoms with Crippen molar-refractivity contribution in [3.63, 3.8) is 0 Å². The van der Waals surface area contributed by atoms with Crippen LogP contribution in [-0.2, 0) is 5.33 Å². The molecule has 15 heavy (non-hydrogen) atoms. The number of hydrogen-bond donors (Lipinski definition) is 0. The van der Waals surface area contributed by atoms with Crippen molar-refractivity contribution in [1.82, 2.24) is 0 Å². The van der Waals surface area contributed by atoms with Crippen LogP contribution in [0.1, 0.15) is 19.4 Å². The molecule has 0 N–H and O–H groups in total. The highest BCUT2D eigenvalue weighted by Crippen LogP contribution is 2.30. The van der Waals surface area contributed by atoms with Crippen molar-refractivity contribution >= 4 is 21.6 Å². The molecule has 2 rings (SSSR count). The first kappa shape index (κ1) is 11.0. The fourth-order valence-corrected chi connectivity index (χ4v) is 2.73. The average Bonchev–Trinajstić information content (AvgIpc) is 2.59. The maximum atomic E-state index is 3.56. The van der Waals surface area contributed by atoms with Gasteiger partial charge >= 0.3 is 0 Å². The van der Waals surface area contributed by atoms with Crippen molar-refractivity contribution in [2.24, 2.45) is 11.8 Å². The van der Waals surface area contributed by atoms with Gasteiger partial charge in [-0.05, 0) is 23.5 Å². The third-order valence-electron chi connectivity index (χ3n) is 3.46. The van der Waals surface area contributed by atoms with Crippen LogP contribution in [0, 0.1) is 11.8 Å². The van der Waals surface area contributed by atoms with E-state index in [9.17, 15) is 0 Å². The summed E-state index contributed by atoms with van der Waals surface area (Å²) in [7, 11) is 0. The average molecular weight is 268 g/mol. The second-order valence-corrected chi connectivity index (χ2v) is 5.18. The van der Waals surface area contributed by atoms with E-state index in [1.807, 2.05) is 0 Å². The third kappa shape index (κ3) is 2.20. The van der Waals surface area contributed by atoms with Crippen LogP contribution >= 0.6 is 15.9 Å². The zero-order chi connectivity index (χ0) is 10.8. The third-order valence-corrected chi connectivity index (χ3v) is 4.07. The van der Waals surface area contributed by atoms with Crippen molar-refractivity contribution in [2.45, 2.75) is 19.2 Å². The number of alkyl halides is 1. The molecular weight excluding hydrogens is 250 g/mol. The molecule has 1 aliphatic heterocycles. The molecular formula is C13H18BrN. The molecule has 0 bridgehead atoms. The molecule has 0 radical (unpaired) electrons. The second kappa shape index (κ2) is 4.56. The predicted octanol–water partition coefficient (Wildman–Crippen LogP) is 3.67. The molecule has 1 fully saturated rings. The fourth-order valence-electron chi connectivity index (χ4n) is 2.26. The van der Waals surface area contributed by atoms with E-state index in [-0.39, 0.29) is 0 Å². The van der Waals surface area contributed by atoms with E-state index < -0.39 is 0 Å². The Balaban J connectivity index is 2.23. The second-order valence-electron chi connectivity index (χ2n) is 4.62. The Morgan fingerprint density at radius 2 is 1.80 bits per heavy atom. The number of anilines is 1. The summed E-state index contributed by atoms with van der Waals surface area (Å²) in [5, 5.41) is 0.947. The molecule has 0 saturated carbocycles. The van der Waals surface area contributed by atoms with Gasteiger partial charge < -0.3 is 4.90 Å². The largest absolute Gasteiger partial charge is 0.371 e. The first-order valence-electron chi connectivity index (χ1n) is 5.61. The number of benzene rings is 1. The maximum absolute atomic E-state index is 3.56. The predicted molar refractivity (Wildman–Crippen MR) is 69.6 cm³/mol. The first-order valence-corrected chi connectivity index (χ1v) is 6.73. The van der Waals surface area contributed by atoms with Crippen molar-refractivity contribution in [3.05, 3.63) is 29.8 Å². The van der Waals surface area contributed by atoms with Crippen LogP contribution in [0.4, 0.5) is 5.69 Å². The van der Waals surface area contributed by atoms with Crippen LogP contribution in [0.15, 0.2) is 24.3 Å². The van der Waals surface area contributed by atoms with E-state index >= 15 is 0 Å². The van der Waals surface area contributed by atoms with Crippen LogP contribution in [-0.4, -0.2) is 13.1 Å². The standard InChI is InChI=1S/C13H18BrN/c1-10-8-15(9-11(10)2)13-6-4-3-5-12(13)7-14/h3-6,10-11H,7-9H2,1-2H3. The van der Waals surface area contributed by atoms with Gasteiger partial charge in [-0.25, -0.2) is 0 Å². The van der Waals surface area contributed by atoms with E-state index in [1.165, 1.54) is 24.3 Å². The lowest BCUT2D eigenvalue weighted by atomic mass is 10.0. The molecule has 1 aromatic rings. The van der Waals surface area contributed by atoms with Crippen molar-refractivity contribution in [3.8, 4) is 0 Å². The Morgan fingerprint density at radius 3 is 2.40 bits per heavy atom. The summed E-state index contributed by atoms with van der Waals surface area (Å²) in [6.07, 6.45) is 0. The highest BCUT2D eigenvalue weighted by atomic mass is 79.9. The zero-order valence-electron chi connectivity index (χ0n) is 9.41. The number of rotatable bonds is 2. The Hall–Kier alpha value is -0.500. The Bertz CT molecular complexity index is 327. The van der Waals surface area contributed by atoms with Crippen LogP contribution in [0.5, 0.6) is 0 Å². The number of halogens is 1. The van der Waals surface area contributed by atoms with Gasteiger partial charge in [0.2, 0.25) is 0 Å². The molecule has 1 nitrogen and oxygen atoms in total. The lowest BCUT2D eigenvalue weighted by molar-refractivity contribution is 0.494. The highest BCUT2D eigenvalue weighted by Gasteiger charge is 2.26. The summed E-state index contributed by atoms with van der Waals surface area (Å²) in [5.74, 6) is 1.63.